The highest BCUT2D eigenvalue weighted by Gasteiger charge is 2.15. The number of alkyl halides is 1. The Kier molecular flexibility index (Phi) is 4.90. The molecular formula is C9H13BrN2O4S2. The van der Waals surface area contributed by atoms with E-state index in [1.807, 2.05) is 0 Å². The molecule has 0 aliphatic rings. The van der Waals surface area contributed by atoms with Crippen LogP contribution in [0, 0.1) is 0 Å². The molecule has 0 amide bonds. The van der Waals surface area contributed by atoms with E-state index < -0.39 is 26.1 Å². The van der Waals surface area contributed by atoms with Crippen molar-refractivity contribution in [2.45, 2.75) is 17.9 Å². The summed E-state index contributed by atoms with van der Waals surface area (Å²) in [6.45, 7) is 1.66. The van der Waals surface area contributed by atoms with Gasteiger partial charge in [0.15, 0.2) is 0 Å². The summed E-state index contributed by atoms with van der Waals surface area (Å²) in [5, 5.41) is 4.96. The normalized spacial score (nSPS) is 14.4. The minimum Gasteiger partial charge on any atom is -0.225 e. The Morgan fingerprint density at radius 1 is 1.22 bits per heavy atom. The van der Waals surface area contributed by atoms with E-state index in [9.17, 15) is 16.8 Å². The van der Waals surface area contributed by atoms with Crippen LogP contribution >= 0.6 is 15.9 Å². The van der Waals surface area contributed by atoms with Crippen molar-refractivity contribution in [2.75, 3.05) is 4.66 Å². The predicted octanol–water partition coefficient (Wildman–Crippen LogP) is 0.667. The molecule has 0 bridgehead atoms. The lowest BCUT2D eigenvalue weighted by molar-refractivity contribution is 0.571. The number of halogens is 1. The fourth-order valence-corrected chi connectivity index (χ4v) is 2.96. The molecule has 18 heavy (non-hydrogen) atoms. The topological polar surface area (TPSA) is 106 Å². The third-order valence-electron chi connectivity index (χ3n) is 2.21. The molecule has 0 saturated heterocycles. The first-order valence-electron chi connectivity index (χ1n) is 4.84. The maximum atomic E-state index is 11.3. The van der Waals surface area contributed by atoms with Gasteiger partial charge in [0.1, 0.15) is 4.66 Å². The first-order valence-corrected chi connectivity index (χ1v) is 9.16. The molecule has 0 aromatic heterocycles. The van der Waals surface area contributed by atoms with Crippen LogP contribution in [0.1, 0.15) is 18.5 Å². The van der Waals surface area contributed by atoms with Gasteiger partial charge in [0.25, 0.3) is 0 Å². The Labute approximate surface area is 115 Å². The molecule has 0 saturated carbocycles. The molecule has 3 N–H and O–H groups in total. The van der Waals surface area contributed by atoms with Gasteiger partial charge in [-0.25, -0.2) is 26.7 Å². The SMILES string of the molecule is CC(NS(=O)(=O)CBr)c1ccc(S(N)(=O)=O)cc1. The second kappa shape index (κ2) is 5.66. The summed E-state index contributed by atoms with van der Waals surface area (Å²) < 4.78 is 47.0. The maximum Gasteiger partial charge on any atom is 0.238 e. The van der Waals surface area contributed by atoms with Crippen molar-refractivity contribution in [1.29, 1.82) is 0 Å². The summed E-state index contributed by atoms with van der Waals surface area (Å²) in [5.74, 6) is 0. The van der Waals surface area contributed by atoms with Crippen molar-refractivity contribution in [2.24, 2.45) is 5.14 Å². The molecule has 1 rings (SSSR count). The van der Waals surface area contributed by atoms with Crippen LogP contribution in [-0.4, -0.2) is 21.5 Å². The van der Waals surface area contributed by atoms with Crippen LogP contribution in [0.5, 0.6) is 0 Å². The van der Waals surface area contributed by atoms with Crippen molar-refractivity contribution < 1.29 is 16.8 Å². The number of benzene rings is 1. The Bertz CT molecular complexity index is 610. The average Bonchev–Trinajstić information content (AvgIpc) is 2.27. The lowest BCUT2D eigenvalue weighted by Gasteiger charge is -2.13. The Morgan fingerprint density at radius 3 is 2.11 bits per heavy atom. The lowest BCUT2D eigenvalue weighted by Crippen LogP contribution is -2.27. The van der Waals surface area contributed by atoms with Gasteiger partial charge in [0, 0.05) is 6.04 Å². The van der Waals surface area contributed by atoms with Gasteiger partial charge in [-0.1, -0.05) is 28.1 Å². The Morgan fingerprint density at radius 2 is 1.72 bits per heavy atom. The summed E-state index contributed by atoms with van der Waals surface area (Å²) in [5.41, 5.74) is 0.645. The number of hydrogen-bond acceptors (Lipinski definition) is 4. The van der Waals surface area contributed by atoms with Gasteiger partial charge < -0.3 is 0 Å². The molecule has 0 aliphatic carbocycles. The fraction of sp³-hybridized carbons (Fsp3) is 0.333. The lowest BCUT2D eigenvalue weighted by atomic mass is 10.1. The smallest absolute Gasteiger partial charge is 0.225 e. The van der Waals surface area contributed by atoms with Crippen LogP contribution in [-0.2, 0) is 20.0 Å². The molecule has 0 aliphatic heterocycles. The van der Waals surface area contributed by atoms with Gasteiger partial charge in [0.2, 0.25) is 20.0 Å². The molecule has 0 fully saturated rings. The molecule has 102 valence electrons. The quantitative estimate of drug-likeness (QED) is 0.755. The number of nitrogens with one attached hydrogen (secondary N) is 1. The van der Waals surface area contributed by atoms with Gasteiger partial charge in [-0.15, -0.1) is 0 Å². The summed E-state index contributed by atoms with van der Waals surface area (Å²) in [4.78, 5) is -0.0122. The first kappa shape index (κ1) is 15.6. The largest absolute Gasteiger partial charge is 0.238 e. The van der Waals surface area contributed by atoms with Crippen LogP contribution in [0.2, 0.25) is 0 Å². The predicted molar refractivity (Wildman–Crippen MR) is 72.1 cm³/mol. The van der Waals surface area contributed by atoms with Gasteiger partial charge in [-0.05, 0) is 24.6 Å². The van der Waals surface area contributed by atoms with Crippen LogP contribution in [0.25, 0.3) is 0 Å². The second-order valence-corrected chi connectivity index (χ2v) is 8.30. The molecule has 0 spiro atoms. The maximum absolute atomic E-state index is 11.3. The van der Waals surface area contributed by atoms with Gasteiger partial charge in [-0.3, -0.25) is 0 Å². The summed E-state index contributed by atoms with van der Waals surface area (Å²) in [6.07, 6.45) is 0. The number of primary sulfonamides is 1. The molecule has 6 nitrogen and oxygen atoms in total. The number of hydrogen-bond donors (Lipinski definition) is 2. The molecule has 1 atom stereocenters. The van der Waals surface area contributed by atoms with Crippen LogP contribution < -0.4 is 9.86 Å². The van der Waals surface area contributed by atoms with Crippen molar-refractivity contribution in [3.8, 4) is 0 Å². The van der Waals surface area contributed by atoms with Gasteiger partial charge in [-0.2, -0.15) is 0 Å². The molecule has 1 unspecified atom stereocenters. The van der Waals surface area contributed by atoms with Crippen LogP contribution in [0.3, 0.4) is 0 Å². The Hall–Kier alpha value is -0.480. The van der Waals surface area contributed by atoms with E-state index in [1.54, 1.807) is 6.92 Å². The monoisotopic (exact) mass is 356 g/mol. The van der Waals surface area contributed by atoms with Crippen molar-refractivity contribution in [3.05, 3.63) is 29.8 Å². The minimum absolute atomic E-state index is 0.0122. The molecule has 0 radical (unpaired) electrons. The number of sulfonamides is 2. The highest BCUT2D eigenvalue weighted by Crippen LogP contribution is 2.16. The molecule has 9 heteroatoms. The van der Waals surface area contributed by atoms with Crippen molar-refractivity contribution in [3.63, 3.8) is 0 Å². The van der Waals surface area contributed by atoms with E-state index in [0.717, 1.165) is 0 Å². The summed E-state index contributed by atoms with van der Waals surface area (Å²) in [6, 6.07) is 5.25. The zero-order valence-corrected chi connectivity index (χ0v) is 12.7. The third-order valence-corrected chi connectivity index (χ3v) is 5.95. The zero-order valence-electron chi connectivity index (χ0n) is 9.50. The zero-order chi connectivity index (χ0) is 14.0. The van der Waals surface area contributed by atoms with E-state index in [2.05, 4.69) is 20.7 Å². The summed E-state index contributed by atoms with van der Waals surface area (Å²) in [7, 11) is -7.11. The van der Waals surface area contributed by atoms with E-state index >= 15 is 0 Å². The van der Waals surface area contributed by atoms with E-state index in [4.69, 9.17) is 5.14 Å². The molecule has 1 aromatic carbocycles. The average molecular weight is 357 g/mol. The van der Waals surface area contributed by atoms with Crippen LogP contribution in [0.4, 0.5) is 0 Å². The van der Waals surface area contributed by atoms with Crippen LogP contribution in [0.15, 0.2) is 29.2 Å². The highest BCUT2D eigenvalue weighted by atomic mass is 79.9. The standard InChI is InChI=1S/C9H13BrN2O4S2/c1-7(12-17(13,14)6-10)8-2-4-9(5-3-8)18(11,15)16/h2-5,7,12H,6H2,1H3,(H2,11,15,16). The molecule has 0 heterocycles. The van der Waals surface area contributed by atoms with Crippen molar-refractivity contribution in [1.82, 2.24) is 4.72 Å². The first-order chi connectivity index (χ1) is 8.15. The third kappa shape index (κ3) is 4.32. The van der Waals surface area contributed by atoms with E-state index in [-0.39, 0.29) is 9.56 Å². The highest BCUT2D eigenvalue weighted by molar-refractivity contribution is 9.10. The van der Waals surface area contributed by atoms with Gasteiger partial charge >= 0.3 is 0 Å². The molecule has 1 aromatic rings. The fourth-order valence-electron chi connectivity index (χ4n) is 1.32. The van der Waals surface area contributed by atoms with E-state index in [0.29, 0.717) is 5.56 Å². The van der Waals surface area contributed by atoms with Gasteiger partial charge in [0.05, 0.1) is 4.90 Å². The number of rotatable bonds is 5. The Balaban J connectivity index is 2.93. The second-order valence-electron chi connectivity index (χ2n) is 3.68. The molecular weight excluding hydrogens is 344 g/mol. The van der Waals surface area contributed by atoms with Crippen molar-refractivity contribution >= 4 is 36.0 Å². The summed E-state index contributed by atoms with van der Waals surface area (Å²) >= 11 is 2.86. The minimum atomic E-state index is -3.73. The van der Waals surface area contributed by atoms with E-state index in [1.165, 1.54) is 24.3 Å². The number of nitrogens with two attached hydrogens (primary N) is 1.